The first-order chi connectivity index (χ1) is 13.3. The van der Waals surface area contributed by atoms with E-state index in [1.165, 1.54) is 5.69 Å². The highest BCUT2D eigenvalue weighted by Gasteiger charge is 2.19. The molecule has 7 nitrogen and oxygen atoms in total. The van der Waals surface area contributed by atoms with Crippen molar-refractivity contribution < 1.29 is 9.15 Å². The van der Waals surface area contributed by atoms with Gasteiger partial charge in [-0.05, 0) is 42.5 Å². The molecule has 2 aromatic heterocycles. The van der Waals surface area contributed by atoms with Crippen LogP contribution in [0.1, 0.15) is 5.76 Å². The quantitative estimate of drug-likeness (QED) is 0.720. The minimum Gasteiger partial charge on any atom is -0.497 e. The highest BCUT2D eigenvalue weighted by Crippen LogP contribution is 2.22. The fourth-order valence-corrected chi connectivity index (χ4v) is 3.15. The van der Waals surface area contributed by atoms with Gasteiger partial charge in [0, 0.05) is 38.1 Å². The number of aromatic nitrogens is 2. The summed E-state index contributed by atoms with van der Waals surface area (Å²) in [4.78, 5) is 13.7. The molecule has 0 spiro atoms. The van der Waals surface area contributed by atoms with Crippen molar-refractivity contribution in [2.45, 2.75) is 6.54 Å². The summed E-state index contributed by atoms with van der Waals surface area (Å²) in [5.74, 6) is 3.32. The average Bonchev–Trinajstić information content (AvgIpc) is 3.26. The number of methoxy groups -OCH3 is 1. The molecule has 0 unspecified atom stereocenters. The summed E-state index contributed by atoms with van der Waals surface area (Å²) < 4.78 is 10.6. The second-order valence-electron chi connectivity index (χ2n) is 6.35. The molecule has 0 radical (unpaired) electrons. The molecule has 1 aliphatic rings. The van der Waals surface area contributed by atoms with E-state index in [-0.39, 0.29) is 0 Å². The summed E-state index contributed by atoms with van der Waals surface area (Å²) in [6.45, 7) is 4.23. The van der Waals surface area contributed by atoms with E-state index in [4.69, 9.17) is 9.15 Å². The smallest absolute Gasteiger partial charge is 0.227 e. The van der Waals surface area contributed by atoms with Crippen molar-refractivity contribution in [2.24, 2.45) is 0 Å². The van der Waals surface area contributed by atoms with Crippen LogP contribution in [0.3, 0.4) is 0 Å². The molecule has 27 heavy (non-hydrogen) atoms. The minimum absolute atomic E-state index is 0.606. The normalized spacial score (nSPS) is 14.3. The van der Waals surface area contributed by atoms with Crippen molar-refractivity contribution in [3.8, 4) is 5.75 Å². The molecule has 140 valence electrons. The van der Waals surface area contributed by atoms with Gasteiger partial charge < -0.3 is 24.3 Å². The maximum absolute atomic E-state index is 5.34. The van der Waals surface area contributed by atoms with Crippen LogP contribution in [0.25, 0.3) is 0 Å². The van der Waals surface area contributed by atoms with Crippen LogP contribution < -0.4 is 19.9 Å². The van der Waals surface area contributed by atoms with Crippen LogP contribution >= 0.6 is 0 Å². The Labute approximate surface area is 158 Å². The number of nitrogens with zero attached hydrogens (tertiary/aromatic N) is 4. The van der Waals surface area contributed by atoms with Crippen LogP contribution in [0.15, 0.2) is 59.3 Å². The van der Waals surface area contributed by atoms with Gasteiger partial charge in [0.25, 0.3) is 0 Å². The average molecular weight is 365 g/mol. The fourth-order valence-electron chi connectivity index (χ4n) is 3.15. The monoisotopic (exact) mass is 365 g/mol. The maximum Gasteiger partial charge on any atom is 0.227 e. The zero-order chi connectivity index (χ0) is 18.5. The highest BCUT2D eigenvalue weighted by molar-refractivity contribution is 5.51. The number of nitrogens with one attached hydrogen (secondary N) is 1. The predicted octanol–water partition coefficient (Wildman–Crippen LogP) is 3.02. The Morgan fingerprint density at radius 3 is 2.52 bits per heavy atom. The largest absolute Gasteiger partial charge is 0.497 e. The van der Waals surface area contributed by atoms with Gasteiger partial charge in [-0.1, -0.05) is 0 Å². The molecule has 1 saturated heterocycles. The van der Waals surface area contributed by atoms with Gasteiger partial charge in [0.05, 0.1) is 19.9 Å². The lowest BCUT2D eigenvalue weighted by Gasteiger charge is -2.36. The number of piperazine rings is 1. The lowest BCUT2D eigenvalue weighted by atomic mass is 10.2. The van der Waals surface area contributed by atoms with Crippen molar-refractivity contribution in [3.63, 3.8) is 0 Å². The molecule has 1 N–H and O–H groups in total. The maximum atomic E-state index is 5.34. The third kappa shape index (κ3) is 4.13. The van der Waals surface area contributed by atoms with Crippen molar-refractivity contribution >= 4 is 17.5 Å². The van der Waals surface area contributed by atoms with E-state index in [2.05, 4.69) is 37.2 Å². The van der Waals surface area contributed by atoms with Gasteiger partial charge in [-0.3, -0.25) is 0 Å². The molecule has 3 aromatic rings. The SMILES string of the molecule is COc1ccc(N2CCN(c3nccc(NCc4ccco4)n3)CC2)cc1. The summed E-state index contributed by atoms with van der Waals surface area (Å²) in [5.41, 5.74) is 1.21. The number of hydrogen-bond donors (Lipinski definition) is 1. The third-order valence-corrected chi connectivity index (χ3v) is 4.67. The summed E-state index contributed by atoms with van der Waals surface area (Å²) in [5, 5.41) is 3.28. The number of furan rings is 1. The summed E-state index contributed by atoms with van der Waals surface area (Å²) in [6.07, 6.45) is 3.47. The topological polar surface area (TPSA) is 66.7 Å². The van der Waals surface area contributed by atoms with Gasteiger partial charge in [0.1, 0.15) is 17.3 Å². The lowest BCUT2D eigenvalue weighted by molar-refractivity contribution is 0.415. The minimum atomic E-state index is 0.606. The second kappa shape index (κ2) is 7.99. The zero-order valence-corrected chi connectivity index (χ0v) is 15.3. The summed E-state index contributed by atoms with van der Waals surface area (Å²) >= 11 is 0. The molecule has 1 aliphatic heterocycles. The molecular formula is C20H23N5O2. The van der Waals surface area contributed by atoms with Crippen LogP contribution in [0, 0.1) is 0 Å². The second-order valence-corrected chi connectivity index (χ2v) is 6.35. The van der Waals surface area contributed by atoms with E-state index in [1.54, 1.807) is 19.6 Å². The molecule has 0 aliphatic carbocycles. The van der Waals surface area contributed by atoms with Crippen molar-refractivity contribution in [3.05, 3.63) is 60.7 Å². The Morgan fingerprint density at radius 2 is 1.81 bits per heavy atom. The lowest BCUT2D eigenvalue weighted by Crippen LogP contribution is -2.47. The first-order valence-corrected chi connectivity index (χ1v) is 9.05. The van der Waals surface area contributed by atoms with E-state index in [0.29, 0.717) is 6.54 Å². The summed E-state index contributed by atoms with van der Waals surface area (Å²) in [7, 11) is 1.69. The van der Waals surface area contributed by atoms with Crippen molar-refractivity contribution in [2.75, 3.05) is 48.4 Å². The molecule has 0 amide bonds. The van der Waals surface area contributed by atoms with E-state index < -0.39 is 0 Å². The molecular weight excluding hydrogens is 342 g/mol. The van der Waals surface area contributed by atoms with Crippen LogP contribution in [-0.4, -0.2) is 43.3 Å². The van der Waals surface area contributed by atoms with Gasteiger partial charge >= 0.3 is 0 Å². The molecule has 0 saturated carbocycles. The molecule has 7 heteroatoms. The van der Waals surface area contributed by atoms with Crippen LogP contribution in [0.2, 0.25) is 0 Å². The Kier molecular flexibility index (Phi) is 5.09. The number of benzene rings is 1. The number of rotatable bonds is 6. The molecule has 0 bridgehead atoms. The van der Waals surface area contributed by atoms with E-state index >= 15 is 0 Å². The molecule has 3 heterocycles. The van der Waals surface area contributed by atoms with Crippen LogP contribution in [0.4, 0.5) is 17.5 Å². The Bertz CT molecular complexity index is 843. The number of hydrogen-bond acceptors (Lipinski definition) is 7. The van der Waals surface area contributed by atoms with Crippen LogP contribution in [-0.2, 0) is 6.54 Å². The number of ether oxygens (including phenoxy) is 1. The van der Waals surface area contributed by atoms with E-state index in [9.17, 15) is 0 Å². The zero-order valence-electron chi connectivity index (χ0n) is 15.3. The summed E-state index contributed by atoms with van der Waals surface area (Å²) in [6, 6.07) is 13.9. The first kappa shape index (κ1) is 17.2. The predicted molar refractivity (Wildman–Crippen MR) is 105 cm³/mol. The van der Waals surface area contributed by atoms with Gasteiger partial charge in [0.2, 0.25) is 5.95 Å². The molecule has 0 atom stereocenters. The van der Waals surface area contributed by atoms with Crippen molar-refractivity contribution in [1.82, 2.24) is 9.97 Å². The fraction of sp³-hybridized carbons (Fsp3) is 0.300. The van der Waals surface area contributed by atoms with Gasteiger partial charge in [-0.2, -0.15) is 4.98 Å². The third-order valence-electron chi connectivity index (χ3n) is 4.67. The Hall–Kier alpha value is -3.22. The van der Waals surface area contributed by atoms with E-state index in [1.807, 2.05) is 30.3 Å². The molecule has 1 fully saturated rings. The molecule has 1 aromatic carbocycles. The van der Waals surface area contributed by atoms with E-state index in [0.717, 1.165) is 49.5 Å². The van der Waals surface area contributed by atoms with Gasteiger partial charge in [-0.15, -0.1) is 0 Å². The van der Waals surface area contributed by atoms with Crippen molar-refractivity contribution in [1.29, 1.82) is 0 Å². The van der Waals surface area contributed by atoms with Gasteiger partial charge in [0.15, 0.2) is 0 Å². The number of anilines is 3. The Morgan fingerprint density at radius 1 is 1.04 bits per heavy atom. The van der Waals surface area contributed by atoms with Gasteiger partial charge in [-0.25, -0.2) is 4.98 Å². The first-order valence-electron chi connectivity index (χ1n) is 9.05. The van der Waals surface area contributed by atoms with Crippen LogP contribution in [0.5, 0.6) is 5.75 Å². The standard InChI is InChI=1S/C20H23N5O2/c1-26-17-6-4-16(5-7-17)24-10-12-25(13-11-24)20-21-9-8-19(23-20)22-15-18-3-2-14-27-18/h2-9,14H,10-13,15H2,1H3,(H,21,22,23). The Balaban J connectivity index is 1.35. The molecule has 4 rings (SSSR count). The highest BCUT2D eigenvalue weighted by atomic mass is 16.5.